The molecule has 0 aliphatic carbocycles. The Morgan fingerprint density at radius 1 is 1.33 bits per heavy atom. The maximum atomic E-state index is 12.0. The lowest BCUT2D eigenvalue weighted by Gasteiger charge is -2.25. The molecule has 2 rings (SSSR count). The first kappa shape index (κ1) is 20.2. The molecule has 1 heterocycles. The molecule has 4 nitrogen and oxygen atoms in total. The first-order chi connectivity index (χ1) is 9.18. The molecule has 1 saturated heterocycles. The van der Waals surface area contributed by atoms with E-state index in [1.54, 1.807) is 0 Å². The van der Waals surface area contributed by atoms with Gasteiger partial charge < -0.3 is 15.5 Å². The molecule has 2 atom stereocenters. The summed E-state index contributed by atoms with van der Waals surface area (Å²) in [5.41, 5.74) is 1.23. The van der Waals surface area contributed by atoms with E-state index in [1.165, 1.54) is 5.56 Å². The summed E-state index contributed by atoms with van der Waals surface area (Å²) in [6.07, 6.45) is 0.948. The van der Waals surface area contributed by atoms with Crippen LogP contribution in [0.3, 0.4) is 0 Å². The highest BCUT2D eigenvalue weighted by Crippen LogP contribution is 2.17. The molecule has 2 unspecified atom stereocenters. The minimum atomic E-state index is 0. The van der Waals surface area contributed by atoms with Crippen LogP contribution in [-0.4, -0.2) is 44.5 Å². The van der Waals surface area contributed by atoms with E-state index in [1.807, 2.05) is 32.3 Å². The molecule has 1 aliphatic rings. The van der Waals surface area contributed by atoms with Crippen molar-refractivity contribution >= 4 is 30.7 Å². The molecule has 1 aliphatic heterocycles. The summed E-state index contributed by atoms with van der Waals surface area (Å²) >= 11 is 0. The number of amides is 1. The Balaban J connectivity index is 0.00000200. The number of likely N-dealkylation sites (N-methyl/N-ethyl adjacent to an activating group) is 1. The van der Waals surface area contributed by atoms with Crippen molar-refractivity contribution in [3.63, 3.8) is 0 Å². The topological polar surface area (TPSA) is 44.4 Å². The van der Waals surface area contributed by atoms with E-state index < -0.39 is 0 Å². The fraction of sp³-hybridized carbons (Fsp3) is 0.533. The van der Waals surface area contributed by atoms with E-state index >= 15 is 0 Å². The van der Waals surface area contributed by atoms with Crippen LogP contribution < -0.4 is 10.6 Å². The molecule has 0 saturated carbocycles. The largest absolute Gasteiger partial charge is 0.354 e. The van der Waals surface area contributed by atoms with Gasteiger partial charge in [0.05, 0.1) is 12.0 Å². The summed E-state index contributed by atoms with van der Waals surface area (Å²) in [5, 5.41) is 6.31. The number of nitrogens with zero attached hydrogens (tertiary/aromatic N) is 1. The van der Waals surface area contributed by atoms with Gasteiger partial charge in [0, 0.05) is 13.1 Å². The van der Waals surface area contributed by atoms with Gasteiger partial charge in [0.25, 0.3) is 0 Å². The van der Waals surface area contributed by atoms with Crippen LogP contribution in [0.2, 0.25) is 0 Å². The average Bonchev–Trinajstić information content (AvgIpc) is 2.93. The Bertz CT molecular complexity index is 409. The smallest absolute Gasteiger partial charge is 0.224 e. The molecule has 1 amide bonds. The number of carbonyl (C=O) groups is 1. The Morgan fingerprint density at radius 3 is 2.52 bits per heavy atom. The van der Waals surface area contributed by atoms with E-state index in [0.717, 1.165) is 19.5 Å². The number of carbonyl (C=O) groups excluding carboxylic acids is 1. The lowest BCUT2D eigenvalue weighted by atomic mass is 10.0. The second kappa shape index (κ2) is 10.0. The minimum Gasteiger partial charge on any atom is -0.354 e. The summed E-state index contributed by atoms with van der Waals surface area (Å²) in [5.74, 6) is 0.311. The van der Waals surface area contributed by atoms with Crippen LogP contribution in [0.4, 0.5) is 0 Å². The van der Waals surface area contributed by atoms with E-state index in [9.17, 15) is 4.79 Å². The standard InChI is InChI=1S/C15H23N3O.2ClH/c1-18(2)14(12-6-4-3-5-7-12)11-17-15(19)13-8-9-16-10-13;;/h3-7,13-14,16H,8-11H2,1-2H3,(H,17,19);2*1H. The number of rotatable bonds is 5. The number of hydrogen-bond donors (Lipinski definition) is 2. The number of hydrogen-bond acceptors (Lipinski definition) is 3. The van der Waals surface area contributed by atoms with Crippen molar-refractivity contribution in [3.8, 4) is 0 Å². The molecule has 21 heavy (non-hydrogen) atoms. The summed E-state index contributed by atoms with van der Waals surface area (Å²) in [4.78, 5) is 14.2. The average molecular weight is 334 g/mol. The second-order valence-electron chi connectivity index (χ2n) is 5.32. The van der Waals surface area contributed by atoms with E-state index in [-0.39, 0.29) is 42.7 Å². The molecule has 1 aromatic carbocycles. The van der Waals surface area contributed by atoms with Crippen molar-refractivity contribution < 1.29 is 4.79 Å². The second-order valence-corrected chi connectivity index (χ2v) is 5.32. The number of benzene rings is 1. The van der Waals surface area contributed by atoms with E-state index in [2.05, 4.69) is 27.7 Å². The van der Waals surface area contributed by atoms with E-state index in [0.29, 0.717) is 6.54 Å². The summed E-state index contributed by atoms with van der Waals surface area (Å²) < 4.78 is 0. The van der Waals surface area contributed by atoms with Crippen LogP contribution in [-0.2, 0) is 4.79 Å². The van der Waals surface area contributed by atoms with Gasteiger partial charge in [-0.15, -0.1) is 24.8 Å². The van der Waals surface area contributed by atoms with Crippen LogP contribution in [0.25, 0.3) is 0 Å². The van der Waals surface area contributed by atoms with Crippen LogP contribution in [0.15, 0.2) is 30.3 Å². The molecule has 6 heteroatoms. The maximum Gasteiger partial charge on any atom is 0.224 e. The number of halogens is 2. The van der Waals surface area contributed by atoms with Crippen molar-refractivity contribution in [2.45, 2.75) is 12.5 Å². The molecule has 0 bridgehead atoms. The molecule has 1 fully saturated rings. The maximum absolute atomic E-state index is 12.0. The Kier molecular flexibility index (Phi) is 9.62. The zero-order valence-corrected chi connectivity index (χ0v) is 14.2. The Morgan fingerprint density at radius 2 is 2.00 bits per heavy atom. The zero-order chi connectivity index (χ0) is 13.7. The van der Waals surface area contributed by atoms with Gasteiger partial charge >= 0.3 is 0 Å². The summed E-state index contributed by atoms with van der Waals surface area (Å²) in [7, 11) is 4.09. The molecular weight excluding hydrogens is 309 g/mol. The van der Waals surface area contributed by atoms with Gasteiger partial charge in [-0.05, 0) is 32.6 Å². The molecule has 0 radical (unpaired) electrons. The minimum absolute atomic E-state index is 0. The first-order valence-electron chi connectivity index (χ1n) is 6.88. The lowest BCUT2D eigenvalue weighted by molar-refractivity contribution is -0.124. The highest BCUT2D eigenvalue weighted by atomic mass is 35.5. The zero-order valence-electron chi connectivity index (χ0n) is 12.5. The monoisotopic (exact) mass is 333 g/mol. The number of nitrogens with one attached hydrogen (secondary N) is 2. The molecular formula is C15H25Cl2N3O. The van der Waals surface area contributed by atoms with Gasteiger partial charge in [0.15, 0.2) is 0 Å². The van der Waals surface area contributed by atoms with Crippen LogP contribution in [0, 0.1) is 5.92 Å². The summed E-state index contributed by atoms with van der Waals surface area (Å²) in [6, 6.07) is 10.5. The van der Waals surface area contributed by atoms with Crippen molar-refractivity contribution in [3.05, 3.63) is 35.9 Å². The fourth-order valence-electron chi connectivity index (χ4n) is 2.49. The molecule has 1 aromatic rings. The Hall–Kier alpha value is -0.810. The molecule has 2 N–H and O–H groups in total. The van der Waals surface area contributed by atoms with Gasteiger partial charge in [-0.1, -0.05) is 30.3 Å². The normalized spacial score (nSPS) is 18.5. The summed E-state index contributed by atoms with van der Waals surface area (Å²) in [6.45, 7) is 2.42. The SMILES string of the molecule is CN(C)C(CNC(=O)C1CCNC1)c1ccccc1.Cl.Cl. The van der Waals surface area contributed by atoms with Gasteiger partial charge in [-0.2, -0.15) is 0 Å². The highest BCUT2D eigenvalue weighted by molar-refractivity contribution is 5.85. The van der Waals surface area contributed by atoms with Gasteiger partial charge in [-0.25, -0.2) is 0 Å². The lowest BCUT2D eigenvalue weighted by Crippen LogP contribution is -2.38. The molecule has 0 spiro atoms. The van der Waals surface area contributed by atoms with Crippen LogP contribution in [0.5, 0.6) is 0 Å². The van der Waals surface area contributed by atoms with Crippen molar-refractivity contribution in [1.29, 1.82) is 0 Å². The third kappa shape index (κ3) is 5.83. The predicted octanol–water partition coefficient (Wildman–Crippen LogP) is 1.86. The quantitative estimate of drug-likeness (QED) is 0.864. The van der Waals surface area contributed by atoms with Crippen LogP contribution in [0.1, 0.15) is 18.0 Å². The first-order valence-corrected chi connectivity index (χ1v) is 6.88. The highest BCUT2D eigenvalue weighted by Gasteiger charge is 2.23. The predicted molar refractivity (Wildman–Crippen MR) is 91.4 cm³/mol. The van der Waals surface area contributed by atoms with Crippen molar-refractivity contribution in [2.24, 2.45) is 5.92 Å². The third-order valence-electron chi connectivity index (χ3n) is 3.71. The molecule has 120 valence electrons. The van der Waals surface area contributed by atoms with Gasteiger partial charge in [0.2, 0.25) is 5.91 Å². The van der Waals surface area contributed by atoms with Crippen molar-refractivity contribution in [2.75, 3.05) is 33.7 Å². The van der Waals surface area contributed by atoms with Crippen molar-refractivity contribution in [1.82, 2.24) is 15.5 Å². The van der Waals surface area contributed by atoms with Gasteiger partial charge in [0.1, 0.15) is 0 Å². The van der Waals surface area contributed by atoms with Crippen LogP contribution >= 0.6 is 24.8 Å². The Labute approximate surface area is 139 Å². The fourth-order valence-corrected chi connectivity index (χ4v) is 2.49. The molecule has 0 aromatic heterocycles. The third-order valence-corrected chi connectivity index (χ3v) is 3.71. The van der Waals surface area contributed by atoms with Gasteiger partial charge in [-0.3, -0.25) is 4.79 Å². The van der Waals surface area contributed by atoms with E-state index in [4.69, 9.17) is 0 Å².